The van der Waals surface area contributed by atoms with Crippen LogP contribution in [0, 0.1) is 13.8 Å². The molecule has 0 radical (unpaired) electrons. The zero-order chi connectivity index (χ0) is 13.4. The van der Waals surface area contributed by atoms with Crippen molar-refractivity contribution in [3.8, 4) is 0 Å². The summed E-state index contributed by atoms with van der Waals surface area (Å²) in [5.41, 5.74) is 1.03. The van der Waals surface area contributed by atoms with E-state index in [1.807, 2.05) is 13.8 Å². The predicted molar refractivity (Wildman–Crippen MR) is 80.1 cm³/mol. The molecule has 0 aliphatic carbocycles. The molecule has 6 heteroatoms. The van der Waals surface area contributed by atoms with Crippen LogP contribution >= 0.6 is 34.7 Å². The van der Waals surface area contributed by atoms with Crippen LogP contribution in [0.1, 0.15) is 10.4 Å². The van der Waals surface area contributed by atoms with E-state index >= 15 is 0 Å². The summed E-state index contributed by atoms with van der Waals surface area (Å²) >= 11 is 8.72. The second kappa shape index (κ2) is 5.07. The van der Waals surface area contributed by atoms with Gasteiger partial charge in [0.15, 0.2) is 5.16 Å². The Bertz CT molecular complexity index is 687. The third-order valence-corrected chi connectivity index (χ3v) is 5.24. The molecule has 0 amide bonds. The van der Waals surface area contributed by atoms with Crippen molar-refractivity contribution in [2.75, 3.05) is 5.75 Å². The highest BCUT2D eigenvalue weighted by molar-refractivity contribution is 7.99. The Morgan fingerprint density at radius 1 is 1.56 bits per heavy atom. The Labute approximate surface area is 118 Å². The molecule has 0 bridgehead atoms. The van der Waals surface area contributed by atoms with Crippen LogP contribution in [-0.2, 0) is 7.05 Å². The van der Waals surface area contributed by atoms with Crippen LogP contribution in [-0.4, -0.2) is 15.3 Å². The number of thiophene rings is 1. The summed E-state index contributed by atoms with van der Waals surface area (Å²) in [5, 5.41) is 1.96. The van der Waals surface area contributed by atoms with Crippen LogP contribution in [0.5, 0.6) is 0 Å². The Hall–Kier alpha value is -0.780. The summed E-state index contributed by atoms with van der Waals surface area (Å²) in [4.78, 5) is 18.8. The number of rotatable bonds is 3. The molecule has 0 aliphatic rings. The predicted octanol–water partition coefficient (Wildman–Crippen LogP) is 3.46. The lowest BCUT2D eigenvalue weighted by Crippen LogP contribution is -2.19. The molecule has 2 rings (SSSR count). The van der Waals surface area contributed by atoms with Gasteiger partial charge in [0.1, 0.15) is 4.83 Å². The standard InChI is InChI=1S/C12H13ClN2OS2/c1-6(13)5-17-12-14-10-9(11(16)15(12)4)7(2)8(3)18-10/h1,5H2,2-4H3. The van der Waals surface area contributed by atoms with Crippen molar-refractivity contribution < 1.29 is 0 Å². The minimum atomic E-state index is 0.00420. The van der Waals surface area contributed by atoms with Crippen LogP contribution < -0.4 is 5.56 Å². The van der Waals surface area contributed by atoms with Gasteiger partial charge in [-0.05, 0) is 19.4 Å². The maximum Gasteiger partial charge on any atom is 0.262 e. The fraction of sp³-hybridized carbons (Fsp3) is 0.333. The molecular weight excluding hydrogens is 288 g/mol. The molecule has 2 aromatic heterocycles. The van der Waals surface area contributed by atoms with Gasteiger partial charge in [0, 0.05) is 22.7 Å². The van der Waals surface area contributed by atoms with E-state index in [0.717, 1.165) is 20.7 Å². The highest BCUT2D eigenvalue weighted by Crippen LogP contribution is 2.28. The van der Waals surface area contributed by atoms with Gasteiger partial charge in [-0.3, -0.25) is 9.36 Å². The summed E-state index contributed by atoms with van der Waals surface area (Å²) in [7, 11) is 1.74. The highest BCUT2D eigenvalue weighted by atomic mass is 35.5. The van der Waals surface area contributed by atoms with Gasteiger partial charge in [0.2, 0.25) is 0 Å². The van der Waals surface area contributed by atoms with Gasteiger partial charge in [0.25, 0.3) is 5.56 Å². The normalized spacial score (nSPS) is 11.1. The van der Waals surface area contributed by atoms with Gasteiger partial charge in [0.05, 0.1) is 5.39 Å². The fourth-order valence-corrected chi connectivity index (χ4v) is 3.59. The van der Waals surface area contributed by atoms with Gasteiger partial charge >= 0.3 is 0 Å². The van der Waals surface area contributed by atoms with Crippen molar-refractivity contribution >= 4 is 44.9 Å². The van der Waals surface area contributed by atoms with E-state index in [9.17, 15) is 4.79 Å². The molecule has 0 saturated carbocycles. The van der Waals surface area contributed by atoms with Crippen LogP contribution in [0.4, 0.5) is 0 Å². The number of halogens is 1. The Balaban J connectivity index is 2.61. The minimum Gasteiger partial charge on any atom is -0.290 e. The molecule has 0 fully saturated rings. The van der Waals surface area contributed by atoms with E-state index in [1.165, 1.54) is 11.8 Å². The lowest BCUT2D eigenvalue weighted by atomic mass is 10.2. The molecule has 0 spiro atoms. The van der Waals surface area contributed by atoms with Crippen molar-refractivity contribution in [1.82, 2.24) is 9.55 Å². The zero-order valence-corrected chi connectivity index (χ0v) is 12.8. The minimum absolute atomic E-state index is 0.00420. The number of thioether (sulfide) groups is 1. The number of hydrogen-bond donors (Lipinski definition) is 0. The first kappa shape index (κ1) is 13.6. The molecule has 18 heavy (non-hydrogen) atoms. The third-order valence-electron chi connectivity index (χ3n) is 2.73. The molecule has 3 nitrogen and oxygen atoms in total. The SMILES string of the molecule is C=C(Cl)CSc1nc2sc(C)c(C)c2c(=O)n1C. The maximum atomic E-state index is 12.3. The van der Waals surface area contributed by atoms with Gasteiger partial charge < -0.3 is 0 Å². The first-order valence-electron chi connectivity index (χ1n) is 5.34. The zero-order valence-electron chi connectivity index (χ0n) is 10.4. The lowest BCUT2D eigenvalue weighted by molar-refractivity contribution is 0.728. The van der Waals surface area contributed by atoms with E-state index in [2.05, 4.69) is 11.6 Å². The molecule has 2 heterocycles. The molecule has 0 unspecified atom stereocenters. The summed E-state index contributed by atoms with van der Waals surface area (Å²) in [5.74, 6) is 0.552. The molecule has 0 atom stereocenters. The molecule has 2 aromatic rings. The molecular formula is C12H13ClN2OS2. The smallest absolute Gasteiger partial charge is 0.262 e. The van der Waals surface area contributed by atoms with Gasteiger partial charge in [-0.15, -0.1) is 11.3 Å². The fourth-order valence-electron chi connectivity index (χ4n) is 1.63. The lowest BCUT2D eigenvalue weighted by Gasteiger charge is -2.06. The van der Waals surface area contributed by atoms with Crippen molar-refractivity contribution in [3.05, 3.63) is 32.4 Å². The van der Waals surface area contributed by atoms with Crippen molar-refractivity contribution in [2.24, 2.45) is 7.05 Å². The molecule has 0 saturated heterocycles. The molecule has 0 aromatic carbocycles. The Kier molecular flexibility index (Phi) is 3.84. The van der Waals surface area contributed by atoms with Crippen LogP contribution in [0.15, 0.2) is 21.6 Å². The van der Waals surface area contributed by atoms with Gasteiger partial charge in [-0.25, -0.2) is 4.98 Å². The molecule has 0 aliphatic heterocycles. The van der Waals surface area contributed by atoms with Crippen LogP contribution in [0.2, 0.25) is 0 Å². The average molecular weight is 301 g/mol. The van der Waals surface area contributed by atoms with E-state index in [1.54, 1.807) is 23.0 Å². The largest absolute Gasteiger partial charge is 0.290 e. The van der Waals surface area contributed by atoms with Gasteiger partial charge in [-0.1, -0.05) is 29.9 Å². The maximum absolute atomic E-state index is 12.3. The quantitative estimate of drug-likeness (QED) is 0.643. The highest BCUT2D eigenvalue weighted by Gasteiger charge is 2.14. The summed E-state index contributed by atoms with van der Waals surface area (Å²) in [6.45, 7) is 7.61. The van der Waals surface area contributed by atoms with Crippen molar-refractivity contribution in [1.29, 1.82) is 0 Å². The van der Waals surface area contributed by atoms with Gasteiger partial charge in [-0.2, -0.15) is 0 Å². The van der Waals surface area contributed by atoms with E-state index in [4.69, 9.17) is 11.6 Å². The number of fused-ring (bicyclic) bond motifs is 1. The Morgan fingerprint density at radius 3 is 2.83 bits per heavy atom. The summed E-state index contributed by atoms with van der Waals surface area (Å²) in [6, 6.07) is 0. The van der Waals surface area contributed by atoms with E-state index < -0.39 is 0 Å². The van der Waals surface area contributed by atoms with Crippen molar-refractivity contribution in [3.63, 3.8) is 0 Å². The first-order valence-corrected chi connectivity index (χ1v) is 7.52. The second-order valence-electron chi connectivity index (χ2n) is 4.03. The first-order chi connectivity index (χ1) is 8.41. The van der Waals surface area contributed by atoms with Crippen molar-refractivity contribution in [2.45, 2.75) is 19.0 Å². The summed E-state index contributed by atoms with van der Waals surface area (Å²) in [6.07, 6.45) is 0. The Morgan fingerprint density at radius 2 is 2.22 bits per heavy atom. The number of aryl methyl sites for hydroxylation is 2. The van der Waals surface area contributed by atoms with E-state index in [0.29, 0.717) is 15.9 Å². The van der Waals surface area contributed by atoms with Crippen LogP contribution in [0.3, 0.4) is 0 Å². The number of aromatic nitrogens is 2. The van der Waals surface area contributed by atoms with E-state index in [-0.39, 0.29) is 5.56 Å². The molecule has 0 N–H and O–H groups in total. The number of hydrogen-bond acceptors (Lipinski definition) is 4. The topological polar surface area (TPSA) is 34.9 Å². The molecule has 96 valence electrons. The third kappa shape index (κ3) is 2.35. The number of nitrogens with zero attached hydrogens (tertiary/aromatic N) is 2. The van der Waals surface area contributed by atoms with Crippen LogP contribution in [0.25, 0.3) is 10.2 Å². The summed E-state index contributed by atoms with van der Waals surface area (Å²) < 4.78 is 1.58. The monoisotopic (exact) mass is 300 g/mol. The average Bonchev–Trinajstić information content (AvgIpc) is 2.58. The second-order valence-corrected chi connectivity index (χ2v) is 6.71.